The Morgan fingerprint density at radius 2 is 2.08 bits per heavy atom. The molecule has 1 radical (unpaired) electrons. The number of hydrogen-bond acceptors (Lipinski definition) is 3. The number of rotatable bonds is 4. The van der Waals surface area contributed by atoms with E-state index in [4.69, 9.17) is 0 Å². The highest BCUT2D eigenvalue weighted by Crippen LogP contribution is 2.24. The number of thioether (sulfide) groups is 2. The number of hydrogen-bond donors (Lipinski definition) is 0. The molecule has 0 aromatic heterocycles. The second kappa shape index (κ2) is 5.35. The molecule has 0 unspecified atom stereocenters. The Hall–Kier alpha value is -0.410. The Kier molecular flexibility index (Phi) is 4.39. The van der Waals surface area contributed by atoms with Gasteiger partial charge in [-0.25, -0.2) is 0 Å². The molecule has 0 saturated heterocycles. The molecule has 1 nitrogen and oxygen atoms in total. The van der Waals surface area contributed by atoms with Crippen LogP contribution in [0.1, 0.15) is 0 Å². The zero-order chi connectivity index (χ0) is 9.68. The van der Waals surface area contributed by atoms with E-state index in [2.05, 4.69) is 0 Å². The Morgan fingerprint density at radius 3 is 2.54 bits per heavy atom. The summed E-state index contributed by atoms with van der Waals surface area (Å²) in [5, 5.41) is 0. The van der Waals surface area contributed by atoms with Gasteiger partial charge in [-0.2, -0.15) is 0 Å². The van der Waals surface area contributed by atoms with E-state index in [-0.39, 0.29) is 5.78 Å². The highest BCUT2D eigenvalue weighted by atomic mass is 32.2. The monoisotopic (exact) mass is 211 g/mol. The van der Waals surface area contributed by atoms with Crippen molar-refractivity contribution in [2.24, 2.45) is 0 Å². The minimum absolute atomic E-state index is 0.0868. The molecule has 69 valence electrons. The Bertz CT molecular complexity index is 281. The van der Waals surface area contributed by atoms with Crippen LogP contribution < -0.4 is 0 Å². The van der Waals surface area contributed by atoms with E-state index in [1.54, 1.807) is 29.6 Å². The summed E-state index contributed by atoms with van der Waals surface area (Å²) >= 11 is 3.20. The molecule has 1 rings (SSSR count). The van der Waals surface area contributed by atoms with Crippen LogP contribution in [0.4, 0.5) is 0 Å². The summed E-state index contributed by atoms with van der Waals surface area (Å²) in [6, 6.07) is 0. The third kappa shape index (κ3) is 3.08. The van der Waals surface area contributed by atoms with Crippen LogP contribution in [0.5, 0.6) is 0 Å². The fraction of sp³-hybridized carbons (Fsp3) is 0.200. The van der Waals surface area contributed by atoms with Crippen molar-refractivity contribution in [2.75, 3.05) is 12.5 Å². The van der Waals surface area contributed by atoms with Gasteiger partial charge in [-0.15, -0.1) is 23.5 Å². The van der Waals surface area contributed by atoms with Gasteiger partial charge in [0.05, 0.1) is 0 Å². The maximum atomic E-state index is 11.5. The summed E-state index contributed by atoms with van der Waals surface area (Å²) in [6.07, 6.45) is 13.0. The lowest BCUT2D eigenvalue weighted by Gasteiger charge is -1.97. The predicted molar refractivity (Wildman–Crippen MR) is 61.6 cm³/mol. The molecular weight excluding hydrogens is 200 g/mol. The van der Waals surface area contributed by atoms with Gasteiger partial charge in [-0.3, -0.25) is 4.79 Å². The molecule has 0 spiro atoms. The highest BCUT2D eigenvalue weighted by molar-refractivity contribution is 8.21. The van der Waals surface area contributed by atoms with Crippen molar-refractivity contribution < 1.29 is 4.79 Å². The Morgan fingerprint density at radius 1 is 1.38 bits per heavy atom. The van der Waals surface area contributed by atoms with E-state index in [9.17, 15) is 4.79 Å². The van der Waals surface area contributed by atoms with Crippen LogP contribution >= 0.6 is 23.5 Å². The van der Waals surface area contributed by atoms with Crippen molar-refractivity contribution in [3.8, 4) is 0 Å². The molecule has 0 fully saturated rings. The van der Waals surface area contributed by atoms with Crippen molar-refractivity contribution in [1.29, 1.82) is 0 Å². The lowest BCUT2D eigenvalue weighted by Crippen LogP contribution is -1.94. The van der Waals surface area contributed by atoms with Crippen LogP contribution in [0.3, 0.4) is 0 Å². The third-order valence-electron chi connectivity index (χ3n) is 1.60. The summed E-state index contributed by atoms with van der Waals surface area (Å²) in [5.74, 6) is 0.0868. The summed E-state index contributed by atoms with van der Waals surface area (Å²) in [4.78, 5) is 11.5. The molecule has 1 aliphatic carbocycles. The fourth-order valence-corrected chi connectivity index (χ4v) is 2.05. The molecule has 0 aliphatic heterocycles. The van der Waals surface area contributed by atoms with E-state index in [0.29, 0.717) is 0 Å². The minimum Gasteiger partial charge on any atom is -0.289 e. The van der Waals surface area contributed by atoms with Gasteiger partial charge in [-0.05, 0) is 12.5 Å². The summed E-state index contributed by atoms with van der Waals surface area (Å²) in [5.41, 5.74) is 0.764. The van der Waals surface area contributed by atoms with Crippen LogP contribution in [-0.2, 0) is 4.79 Å². The molecule has 0 amide bonds. The van der Waals surface area contributed by atoms with Gasteiger partial charge >= 0.3 is 0 Å². The average Bonchev–Trinajstić information content (AvgIpc) is 2.66. The van der Waals surface area contributed by atoms with Gasteiger partial charge < -0.3 is 0 Å². The molecule has 0 atom stereocenters. The van der Waals surface area contributed by atoms with Crippen molar-refractivity contribution in [3.63, 3.8) is 0 Å². The Labute approximate surface area is 87.4 Å². The molecule has 0 saturated carbocycles. The molecule has 13 heavy (non-hydrogen) atoms. The second-order valence-corrected chi connectivity index (χ2v) is 4.36. The lowest BCUT2D eigenvalue weighted by atomic mass is 10.2. The first-order valence-corrected chi connectivity index (χ1v) is 6.28. The summed E-state index contributed by atoms with van der Waals surface area (Å²) < 4.78 is 1.05. The minimum atomic E-state index is 0.0868. The molecule has 0 bridgehead atoms. The SMILES string of the molecule is CSC(=CC(=O)C1=C[CH]C=C1)SC. The van der Waals surface area contributed by atoms with Crippen molar-refractivity contribution in [2.45, 2.75) is 0 Å². The molecule has 0 aromatic rings. The van der Waals surface area contributed by atoms with E-state index in [0.717, 1.165) is 9.81 Å². The lowest BCUT2D eigenvalue weighted by molar-refractivity contribution is -0.111. The zero-order valence-corrected chi connectivity index (χ0v) is 9.24. The molecule has 3 heteroatoms. The molecule has 0 N–H and O–H groups in total. The van der Waals surface area contributed by atoms with Crippen molar-refractivity contribution in [3.05, 3.63) is 40.5 Å². The first-order valence-electron chi connectivity index (χ1n) is 3.83. The maximum Gasteiger partial charge on any atom is 0.187 e. The average molecular weight is 211 g/mol. The highest BCUT2D eigenvalue weighted by Gasteiger charge is 2.07. The molecule has 1 aliphatic rings. The molecular formula is C10H11OS2. The van der Waals surface area contributed by atoms with Crippen LogP contribution in [0.25, 0.3) is 0 Å². The van der Waals surface area contributed by atoms with Crippen LogP contribution in [-0.4, -0.2) is 18.3 Å². The topological polar surface area (TPSA) is 17.1 Å². The van der Waals surface area contributed by atoms with Crippen LogP contribution in [0.2, 0.25) is 0 Å². The quantitative estimate of drug-likeness (QED) is 0.666. The standard InChI is InChI=1S/C10H11OS2/c1-12-10(13-2)7-9(11)8-5-3-4-6-8/h3-7H,1-2H3. The second-order valence-electron chi connectivity index (χ2n) is 2.41. The fourth-order valence-electron chi connectivity index (χ4n) is 0.930. The first kappa shape index (κ1) is 10.7. The van der Waals surface area contributed by atoms with Crippen molar-refractivity contribution >= 4 is 29.3 Å². The van der Waals surface area contributed by atoms with Gasteiger partial charge in [0, 0.05) is 22.3 Å². The molecule has 0 heterocycles. The van der Waals surface area contributed by atoms with Crippen LogP contribution in [0, 0.1) is 6.42 Å². The number of carbonyl (C=O) groups is 1. The molecule has 0 aromatic carbocycles. The number of carbonyl (C=O) groups excluding carboxylic acids is 1. The smallest absolute Gasteiger partial charge is 0.187 e. The summed E-state index contributed by atoms with van der Waals surface area (Å²) in [6.45, 7) is 0. The third-order valence-corrected chi connectivity index (χ3v) is 3.64. The first-order chi connectivity index (χ1) is 6.27. The van der Waals surface area contributed by atoms with E-state index in [1.165, 1.54) is 0 Å². The van der Waals surface area contributed by atoms with E-state index in [1.807, 2.05) is 37.2 Å². The van der Waals surface area contributed by atoms with Gasteiger partial charge in [0.2, 0.25) is 0 Å². The van der Waals surface area contributed by atoms with E-state index >= 15 is 0 Å². The van der Waals surface area contributed by atoms with Crippen LogP contribution in [0.15, 0.2) is 34.1 Å². The maximum absolute atomic E-state index is 11.5. The Balaban J connectivity index is 2.67. The van der Waals surface area contributed by atoms with Gasteiger partial charge in [0.15, 0.2) is 5.78 Å². The van der Waals surface area contributed by atoms with Gasteiger partial charge in [0.1, 0.15) is 0 Å². The van der Waals surface area contributed by atoms with E-state index < -0.39 is 0 Å². The largest absolute Gasteiger partial charge is 0.289 e. The van der Waals surface area contributed by atoms with Gasteiger partial charge in [0.25, 0.3) is 0 Å². The summed E-state index contributed by atoms with van der Waals surface area (Å²) in [7, 11) is 0. The zero-order valence-electron chi connectivity index (χ0n) is 7.61. The number of ketones is 1. The van der Waals surface area contributed by atoms with Crippen molar-refractivity contribution in [1.82, 2.24) is 0 Å². The van der Waals surface area contributed by atoms with Gasteiger partial charge in [-0.1, -0.05) is 18.2 Å². The number of allylic oxidation sites excluding steroid dienone is 5. The normalized spacial score (nSPS) is 14.2. The predicted octanol–water partition coefficient (Wildman–Crippen LogP) is 2.82.